The molecule has 2 aliphatic rings. The molecule has 0 radical (unpaired) electrons. The van der Waals surface area contributed by atoms with Crippen LogP contribution in [0.4, 0.5) is 0 Å². The Morgan fingerprint density at radius 2 is 1.89 bits per heavy atom. The van der Waals surface area contributed by atoms with E-state index in [9.17, 15) is 14.7 Å². The molecule has 196 valence electrons. The second-order valence-electron chi connectivity index (χ2n) is 8.96. The number of aromatic hydroxyl groups is 1. The number of rotatable bonds is 8. The van der Waals surface area contributed by atoms with Gasteiger partial charge in [-0.05, 0) is 77.5 Å². The lowest BCUT2D eigenvalue weighted by molar-refractivity contribution is -0.140. The number of Topliss-reactive ketones (excluding diaryl/α,β-unsaturated/α-hetero) is 1. The Kier molecular flexibility index (Phi) is 8.62. The fourth-order valence-electron chi connectivity index (χ4n) is 4.95. The zero-order chi connectivity index (χ0) is 26.7. The number of phenols is 1. The highest BCUT2D eigenvalue weighted by atomic mass is 79.9. The Labute approximate surface area is 229 Å². The van der Waals surface area contributed by atoms with E-state index in [0.29, 0.717) is 51.4 Å². The first kappa shape index (κ1) is 27.2. The molecule has 9 heteroatoms. The van der Waals surface area contributed by atoms with Crippen LogP contribution in [0.2, 0.25) is 5.02 Å². The van der Waals surface area contributed by atoms with Crippen molar-refractivity contribution >= 4 is 39.3 Å². The number of phenolic OH excluding ortho intramolecular Hbond substituents is 1. The summed E-state index contributed by atoms with van der Waals surface area (Å²) in [5.74, 6) is -1.14. The molecule has 2 atom stereocenters. The summed E-state index contributed by atoms with van der Waals surface area (Å²) < 4.78 is 16.6. The Hall–Kier alpha value is -2.81. The number of halogens is 2. The molecule has 4 rings (SSSR count). The number of benzene rings is 2. The van der Waals surface area contributed by atoms with Gasteiger partial charge in [0.25, 0.3) is 0 Å². The summed E-state index contributed by atoms with van der Waals surface area (Å²) in [5, 5.41) is 14.4. The predicted octanol–water partition coefficient (Wildman–Crippen LogP) is 5.76. The topological polar surface area (TPSA) is 94.1 Å². The number of hydrogen-bond donors (Lipinski definition) is 2. The van der Waals surface area contributed by atoms with Gasteiger partial charge in [-0.15, -0.1) is 0 Å². The molecular weight excluding hydrogens is 562 g/mol. The molecule has 0 unspecified atom stereocenters. The number of ketones is 1. The quantitative estimate of drug-likeness (QED) is 0.298. The first-order valence-corrected chi connectivity index (χ1v) is 13.2. The van der Waals surface area contributed by atoms with Crippen molar-refractivity contribution in [1.82, 2.24) is 5.32 Å². The van der Waals surface area contributed by atoms with E-state index in [1.807, 2.05) is 31.2 Å². The summed E-state index contributed by atoms with van der Waals surface area (Å²) in [4.78, 5) is 27.1. The minimum atomic E-state index is -0.694. The molecule has 0 amide bonds. The van der Waals surface area contributed by atoms with Crippen LogP contribution in [0.5, 0.6) is 11.5 Å². The van der Waals surface area contributed by atoms with Crippen LogP contribution in [0, 0.1) is 0 Å². The lowest BCUT2D eigenvalue weighted by Crippen LogP contribution is -2.36. The fourth-order valence-corrected chi connectivity index (χ4v) is 5.53. The number of esters is 1. The SMILES string of the molecule is CCOCCOC(=O)C1=C(C)NC2=C(C(=O)C[C@H](c3ccc(Cl)cc3)C2)[C@@H]1c1cc(Br)c(O)c(OC)c1. The maximum atomic E-state index is 13.7. The van der Waals surface area contributed by atoms with Crippen LogP contribution < -0.4 is 10.1 Å². The number of nitrogens with one attached hydrogen (secondary N) is 1. The van der Waals surface area contributed by atoms with Crippen LogP contribution in [-0.4, -0.2) is 43.8 Å². The smallest absolute Gasteiger partial charge is 0.336 e. The third-order valence-corrected chi connectivity index (χ3v) is 7.51. The molecule has 0 spiro atoms. The van der Waals surface area contributed by atoms with E-state index in [1.54, 1.807) is 19.1 Å². The molecule has 2 aromatic carbocycles. The van der Waals surface area contributed by atoms with Gasteiger partial charge < -0.3 is 24.6 Å². The number of hydrogen-bond acceptors (Lipinski definition) is 7. The first-order chi connectivity index (χ1) is 17.7. The van der Waals surface area contributed by atoms with Crippen molar-refractivity contribution in [3.8, 4) is 11.5 Å². The highest BCUT2D eigenvalue weighted by molar-refractivity contribution is 9.10. The maximum absolute atomic E-state index is 13.7. The van der Waals surface area contributed by atoms with Gasteiger partial charge in [0.2, 0.25) is 0 Å². The van der Waals surface area contributed by atoms with Crippen molar-refractivity contribution in [3.63, 3.8) is 0 Å². The summed E-state index contributed by atoms with van der Waals surface area (Å²) in [6.07, 6.45) is 0.889. The average molecular weight is 591 g/mol. The molecule has 0 aromatic heterocycles. The van der Waals surface area contributed by atoms with Crippen LogP contribution in [0.1, 0.15) is 49.7 Å². The van der Waals surface area contributed by atoms with Crippen molar-refractivity contribution in [2.24, 2.45) is 0 Å². The van der Waals surface area contributed by atoms with Crippen LogP contribution in [0.3, 0.4) is 0 Å². The van der Waals surface area contributed by atoms with Crippen molar-refractivity contribution in [2.45, 2.75) is 38.5 Å². The molecule has 0 fully saturated rings. The van der Waals surface area contributed by atoms with Gasteiger partial charge in [0.05, 0.1) is 23.8 Å². The summed E-state index contributed by atoms with van der Waals surface area (Å²) in [6, 6.07) is 10.9. The first-order valence-electron chi connectivity index (χ1n) is 12.1. The molecule has 1 heterocycles. The number of methoxy groups -OCH3 is 1. The molecule has 1 aliphatic heterocycles. The Bertz CT molecular complexity index is 1270. The Morgan fingerprint density at radius 3 is 2.57 bits per heavy atom. The number of carbonyl (C=O) groups excluding carboxylic acids is 2. The molecule has 0 saturated carbocycles. The lowest BCUT2D eigenvalue weighted by atomic mass is 9.71. The summed E-state index contributed by atoms with van der Waals surface area (Å²) in [6.45, 7) is 4.56. The number of ether oxygens (including phenoxy) is 3. The number of dihydropyridines is 1. The predicted molar refractivity (Wildman–Crippen MR) is 144 cm³/mol. The minimum absolute atomic E-state index is 0.0229. The van der Waals surface area contributed by atoms with Crippen molar-refractivity contribution in [3.05, 3.63) is 79.6 Å². The van der Waals surface area contributed by atoms with Crippen LogP contribution in [0.25, 0.3) is 0 Å². The van der Waals surface area contributed by atoms with Crippen LogP contribution in [-0.2, 0) is 19.1 Å². The highest BCUT2D eigenvalue weighted by Crippen LogP contribution is 2.48. The molecule has 1 aliphatic carbocycles. The van der Waals surface area contributed by atoms with Crippen LogP contribution >= 0.6 is 27.5 Å². The van der Waals surface area contributed by atoms with Crippen molar-refractivity contribution < 1.29 is 28.9 Å². The van der Waals surface area contributed by atoms with Gasteiger partial charge in [-0.1, -0.05) is 23.7 Å². The molecule has 2 aromatic rings. The van der Waals surface area contributed by atoms with Gasteiger partial charge in [0.1, 0.15) is 6.61 Å². The molecule has 0 saturated heterocycles. The second kappa shape index (κ2) is 11.7. The van der Waals surface area contributed by atoms with Gasteiger partial charge in [-0.2, -0.15) is 0 Å². The van der Waals surface area contributed by atoms with E-state index in [4.69, 9.17) is 25.8 Å². The Balaban J connectivity index is 1.78. The van der Waals surface area contributed by atoms with Gasteiger partial charge >= 0.3 is 5.97 Å². The van der Waals surface area contributed by atoms with Crippen molar-refractivity contribution in [2.75, 3.05) is 26.9 Å². The fraction of sp³-hybridized carbons (Fsp3) is 0.357. The molecule has 37 heavy (non-hydrogen) atoms. The van der Waals surface area contributed by atoms with E-state index in [1.165, 1.54) is 7.11 Å². The van der Waals surface area contributed by atoms with E-state index in [2.05, 4.69) is 21.2 Å². The molecular formula is C28H29BrClNO6. The third kappa shape index (κ3) is 5.71. The minimum Gasteiger partial charge on any atom is -0.503 e. The van der Waals surface area contributed by atoms with Gasteiger partial charge in [0.15, 0.2) is 17.3 Å². The van der Waals surface area contributed by atoms with Gasteiger partial charge in [-0.25, -0.2) is 4.79 Å². The second-order valence-corrected chi connectivity index (χ2v) is 10.2. The van der Waals surface area contributed by atoms with E-state index in [-0.39, 0.29) is 36.4 Å². The highest BCUT2D eigenvalue weighted by Gasteiger charge is 2.42. The average Bonchev–Trinajstić information content (AvgIpc) is 2.87. The zero-order valence-corrected chi connectivity index (χ0v) is 23.2. The standard InChI is InChI=1S/C28H29BrClNO6/c1-4-36-9-10-37-28(34)24-15(2)31-21-12-17(16-5-7-19(30)8-6-16)13-22(32)26(21)25(24)18-11-20(29)27(33)23(14-18)35-3/h5-8,11,14,17,25,31,33H,4,9-10,12-13H2,1-3H3/t17-,25-/m1/s1. The third-order valence-electron chi connectivity index (χ3n) is 6.66. The molecule has 7 nitrogen and oxygen atoms in total. The van der Waals surface area contributed by atoms with Crippen LogP contribution in [0.15, 0.2) is 63.4 Å². The van der Waals surface area contributed by atoms with E-state index in [0.717, 1.165) is 11.3 Å². The largest absolute Gasteiger partial charge is 0.503 e. The lowest BCUT2D eigenvalue weighted by Gasteiger charge is -2.37. The normalized spacial score (nSPS) is 19.4. The van der Waals surface area contributed by atoms with Gasteiger partial charge in [0, 0.05) is 40.9 Å². The molecule has 2 N–H and O–H groups in total. The molecule has 0 bridgehead atoms. The number of carbonyl (C=O) groups is 2. The summed E-state index contributed by atoms with van der Waals surface area (Å²) >= 11 is 9.44. The summed E-state index contributed by atoms with van der Waals surface area (Å²) in [7, 11) is 1.45. The maximum Gasteiger partial charge on any atom is 0.336 e. The van der Waals surface area contributed by atoms with E-state index >= 15 is 0 Å². The summed E-state index contributed by atoms with van der Waals surface area (Å²) in [5.41, 5.74) is 3.90. The zero-order valence-electron chi connectivity index (χ0n) is 20.9. The van der Waals surface area contributed by atoms with E-state index < -0.39 is 11.9 Å². The number of allylic oxidation sites excluding steroid dienone is 3. The Morgan fingerprint density at radius 1 is 1.16 bits per heavy atom. The van der Waals surface area contributed by atoms with Crippen molar-refractivity contribution in [1.29, 1.82) is 0 Å². The monoisotopic (exact) mass is 589 g/mol. The van der Waals surface area contributed by atoms with Gasteiger partial charge in [-0.3, -0.25) is 4.79 Å².